The van der Waals surface area contributed by atoms with Crippen molar-refractivity contribution in [2.24, 2.45) is 0 Å². The summed E-state index contributed by atoms with van der Waals surface area (Å²) in [5.74, 6) is 0.301. The molecule has 1 unspecified atom stereocenters. The molecule has 6 nitrogen and oxygen atoms in total. The Bertz CT molecular complexity index is 647. The molecule has 1 aromatic carbocycles. The lowest BCUT2D eigenvalue weighted by molar-refractivity contribution is -0.385. The highest BCUT2D eigenvalue weighted by Crippen LogP contribution is 2.27. The molecule has 110 valence electrons. The molecule has 1 heterocycles. The maximum absolute atomic E-state index is 11.5. The predicted molar refractivity (Wildman–Crippen MR) is 79.3 cm³/mol. The van der Waals surface area contributed by atoms with Gasteiger partial charge in [-0.3, -0.25) is 10.1 Å². The minimum atomic E-state index is -2.96. The van der Waals surface area contributed by atoms with E-state index in [1.807, 2.05) is 6.92 Å². The molecule has 0 spiro atoms. The Morgan fingerprint density at radius 2 is 2.20 bits per heavy atom. The summed E-state index contributed by atoms with van der Waals surface area (Å²) >= 11 is 3.13. The molecule has 8 heteroatoms. The minimum absolute atomic E-state index is 0.00787. The Labute approximate surface area is 125 Å². The highest BCUT2D eigenvalue weighted by molar-refractivity contribution is 9.10. The van der Waals surface area contributed by atoms with Crippen molar-refractivity contribution in [1.29, 1.82) is 0 Å². The van der Waals surface area contributed by atoms with Crippen molar-refractivity contribution in [3.8, 4) is 0 Å². The summed E-state index contributed by atoms with van der Waals surface area (Å²) in [6.45, 7) is 2.27. The average Bonchev–Trinajstić information content (AvgIpc) is 2.63. The SMILES string of the molecule is CC1(NCc2ccc(Br)c([N+](=O)[O-])c2)CCS(=O)(=O)C1. The molecule has 1 N–H and O–H groups in total. The van der Waals surface area contributed by atoms with Gasteiger partial charge in [-0.15, -0.1) is 0 Å². The number of halogens is 1. The van der Waals surface area contributed by atoms with Gasteiger partial charge in [0.1, 0.15) is 0 Å². The molecule has 2 rings (SSSR count). The van der Waals surface area contributed by atoms with Crippen molar-refractivity contribution in [2.75, 3.05) is 11.5 Å². The molecule has 0 aromatic heterocycles. The average molecular weight is 363 g/mol. The van der Waals surface area contributed by atoms with Crippen molar-refractivity contribution in [3.63, 3.8) is 0 Å². The maximum Gasteiger partial charge on any atom is 0.283 e. The topological polar surface area (TPSA) is 89.3 Å². The second-order valence-corrected chi connectivity index (χ2v) is 8.34. The third kappa shape index (κ3) is 3.56. The lowest BCUT2D eigenvalue weighted by Crippen LogP contribution is -2.42. The minimum Gasteiger partial charge on any atom is -0.306 e. The second-order valence-electron chi connectivity index (χ2n) is 5.30. The van der Waals surface area contributed by atoms with Gasteiger partial charge in [0, 0.05) is 18.2 Å². The molecule has 1 fully saturated rings. The first-order chi connectivity index (χ1) is 9.21. The Morgan fingerprint density at radius 3 is 2.75 bits per heavy atom. The van der Waals surface area contributed by atoms with Gasteiger partial charge in [0.2, 0.25) is 0 Å². The third-order valence-corrected chi connectivity index (χ3v) is 6.00. The number of nitro benzene ring substituents is 1. The smallest absolute Gasteiger partial charge is 0.283 e. The molecule has 1 aliphatic heterocycles. The molecule has 1 saturated heterocycles. The Balaban J connectivity index is 2.08. The molecule has 1 atom stereocenters. The summed E-state index contributed by atoms with van der Waals surface area (Å²) < 4.78 is 23.5. The van der Waals surface area contributed by atoms with Crippen LogP contribution in [0.15, 0.2) is 22.7 Å². The summed E-state index contributed by atoms with van der Waals surface area (Å²) in [4.78, 5) is 10.4. The highest BCUT2D eigenvalue weighted by atomic mass is 79.9. The van der Waals surface area contributed by atoms with E-state index in [1.54, 1.807) is 12.1 Å². The van der Waals surface area contributed by atoms with Gasteiger partial charge in [0.25, 0.3) is 5.69 Å². The molecule has 0 radical (unpaired) electrons. The fraction of sp³-hybridized carbons (Fsp3) is 0.500. The van der Waals surface area contributed by atoms with Crippen LogP contribution in [0.2, 0.25) is 0 Å². The fourth-order valence-electron chi connectivity index (χ4n) is 2.27. The van der Waals surface area contributed by atoms with Crippen LogP contribution in [0.3, 0.4) is 0 Å². The van der Waals surface area contributed by atoms with E-state index in [0.29, 0.717) is 17.4 Å². The Morgan fingerprint density at radius 1 is 1.50 bits per heavy atom. The van der Waals surface area contributed by atoms with E-state index < -0.39 is 20.3 Å². The van der Waals surface area contributed by atoms with Crippen molar-refractivity contribution in [3.05, 3.63) is 38.3 Å². The van der Waals surface area contributed by atoms with Crippen LogP contribution < -0.4 is 5.32 Å². The van der Waals surface area contributed by atoms with E-state index in [4.69, 9.17) is 0 Å². The number of hydrogen-bond acceptors (Lipinski definition) is 5. The van der Waals surface area contributed by atoms with Gasteiger partial charge >= 0.3 is 0 Å². The lowest BCUT2D eigenvalue weighted by Gasteiger charge is -2.24. The molecule has 0 amide bonds. The van der Waals surface area contributed by atoms with Crippen molar-refractivity contribution >= 4 is 31.5 Å². The molecular formula is C12H15BrN2O4S. The predicted octanol–water partition coefficient (Wildman–Crippen LogP) is 2.02. The molecule has 0 bridgehead atoms. The van der Waals surface area contributed by atoms with Crippen molar-refractivity contribution in [2.45, 2.75) is 25.4 Å². The number of nitrogens with zero attached hydrogens (tertiary/aromatic N) is 1. The summed E-state index contributed by atoms with van der Waals surface area (Å²) in [6.07, 6.45) is 0.563. The van der Waals surface area contributed by atoms with Crippen LogP contribution in [0, 0.1) is 10.1 Å². The van der Waals surface area contributed by atoms with E-state index in [9.17, 15) is 18.5 Å². The Kier molecular flexibility index (Phi) is 4.17. The fourth-order valence-corrected chi connectivity index (χ4v) is 4.79. The van der Waals surface area contributed by atoms with Gasteiger partial charge in [-0.05, 0) is 40.9 Å². The number of rotatable bonds is 4. The normalized spacial score (nSPS) is 24.7. The van der Waals surface area contributed by atoms with E-state index in [2.05, 4.69) is 21.2 Å². The van der Waals surface area contributed by atoms with Gasteiger partial charge < -0.3 is 5.32 Å². The van der Waals surface area contributed by atoms with Crippen LogP contribution in [0.5, 0.6) is 0 Å². The van der Waals surface area contributed by atoms with Crippen LogP contribution in [0.25, 0.3) is 0 Å². The summed E-state index contributed by atoms with van der Waals surface area (Å²) in [5, 5.41) is 14.1. The van der Waals surface area contributed by atoms with Gasteiger partial charge in [-0.1, -0.05) is 6.07 Å². The van der Waals surface area contributed by atoms with Gasteiger partial charge in [-0.25, -0.2) is 8.42 Å². The molecule has 1 aromatic rings. The van der Waals surface area contributed by atoms with Crippen LogP contribution in [0.1, 0.15) is 18.9 Å². The first kappa shape index (κ1) is 15.4. The van der Waals surface area contributed by atoms with Crippen molar-refractivity contribution < 1.29 is 13.3 Å². The number of benzene rings is 1. The third-order valence-electron chi connectivity index (χ3n) is 3.43. The summed E-state index contributed by atoms with van der Waals surface area (Å²) in [7, 11) is -2.96. The summed E-state index contributed by atoms with van der Waals surface area (Å²) in [6, 6.07) is 4.89. The number of sulfone groups is 1. The zero-order chi connectivity index (χ0) is 15.0. The first-order valence-corrected chi connectivity index (χ1v) is 8.71. The molecular weight excluding hydrogens is 348 g/mol. The lowest BCUT2D eigenvalue weighted by atomic mass is 10.0. The zero-order valence-corrected chi connectivity index (χ0v) is 13.3. The molecule has 20 heavy (non-hydrogen) atoms. The largest absolute Gasteiger partial charge is 0.306 e. The molecule has 0 saturated carbocycles. The number of nitrogens with one attached hydrogen (secondary N) is 1. The van der Waals surface area contributed by atoms with Crippen LogP contribution >= 0.6 is 15.9 Å². The van der Waals surface area contributed by atoms with Gasteiger partial charge in [-0.2, -0.15) is 0 Å². The van der Waals surface area contributed by atoms with E-state index >= 15 is 0 Å². The van der Waals surface area contributed by atoms with E-state index in [-0.39, 0.29) is 17.2 Å². The van der Waals surface area contributed by atoms with Crippen LogP contribution in [0.4, 0.5) is 5.69 Å². The van der Waals surface area contributed by atoms with E-state index in [1.165, 1.54) is 6.07 Å². The second kappa shape index (κ2) is 5.42. The number of nitro groups is 1. The van der Waals surface area contributed by atoms with Crippen molar-refractivity contribution in [1.82, 2.24) is 5.32 Å². The monoisotopic (exact) mass is 362 g/mol. The molecule has 0 aliphatic carbocycles. The Hall–Kier alpha value is -0.990. The standard InChI is InChI=1S/C12H15BrN2O4S/c1-12(4-5-20(18,19)8-12)14-7-9-2-3-10(13)11(6-9)15(16)17/h2-3,6,14H,4-5,7-8H2,1H3. The first-order valence-electron chi connectivity index (χ1n) is 6.09. The van der Waals surface area contributed by atoms with Gasteiger partial charge in [0.05, 0.1) is 20.9 Å². The molecule has 1 aliphatic rings. The zero-order valence-electron chi connectivity index (χ0n) is 10.9. The van der Waals surface area contributed by atoms with Gasteiger partial charge in [0.15, 0.2) is 9.84 Å². The quantitative estimate of drug-likeness (QED) is 0.653. The van der Waals surface area contributed by atoms with Crippen LogP contribution in [-0.2, 0) is 16.4 Å². The highest BCUT2D eigenvalue weighted by Gasteiger charge is 2.37. The number of hydrogen-bond donors (Lipinski definition) is 1. The maximum atomic E-state index is 11.5. The summed E-state index contributed by atoms with van der Waals surface area (Å²) in [5.41, 5.74) is 0.305. The van der Waals surface area contributed by atoms with E-state index in [0.717, 1.165) is 5.56 Å². The van der Waals surface area contributed by atoms with Crippen LogP contribution in [-0.4, -0.2) is 30.4 Å².